The Labute approximate surface area is 487 Å². The van der Waals surface area contributed by atoms with Crippen LogP contribution in [0.1, 0.15) is 220 Å². The smallest absolute Gasteiger partial charge is 0.364 e. The lowest BCUT2D eigenvalue weighted by Gasteiger charge is -2.50. The quantitative estimate of drug-likeness (QED) is 0.0388. The van der Waals surface area contributed by atoms with Crippen LogP contribution in [0.3, 0.4) is 0 Å². The summed E-state index contributed by atoms with van der Waals surface area (Å²) in [6.45, 7) is 2.17. The number of aliphatic hydroxyl groups excluding tert-OH is 11. The fraction of sp³-hybridized carbons (Fsp3) is 0.949. The van der Waals surface area contributed by atoms with Gasteiger partial charge in [0, 0.05) is 19.8 Å². The van der Waals surface area contributed by atoms with E-state index in [1.54, 1.807) is 0 Å². The number of rotatable bonds is 46. The monoisotopic (exact) mass is 1180 g/mol. The number of hydrogen-bond acceptors (Lipinski definition) is 20. The maximum atomic E-state index is 13.4. The molecule has 3 heterocycles. The van der Waals surface area contributed by atoms with E-state index in [1.165, 1.54) is 122 Å². The van der Waals surface area contributed by atoms with Gasteiger partial charge < -0.3 is 100 Å². The Morgan fingerprint density at radius 3 is 1.52 bits per heavy atom. The molecule has 18 atom stereocenters. The predicted molar refractivity (Wildman–Crippen MR) is 302 cm³/mol. The van der Waals surface area contributed by atoms with Gasteiger partial charge in [-0.1, -0.05) is 187 Å². The van der Waals surface area contributed by atoms with E-state index in [4.69, 9.17) is 28.4 Å². The van der Waals surface area contributed by atoms with Gasteiger partial charge in [0.25, 0.3) is 5.79 Å². The summed E-state index contributed by atoms with van der Waals surface area (Å²) < 4.78 is 34.7. The van der Waals surface area contributed by atoms with Gasteiger partial charge in [0.2, 0.25) is 11.8 Å². The zero-order chi connectivity index (χ0) is 60.5. The molecule has 3 aliphatic rings. The molecule has 23 heteroatoms. The lowest BCUT2D eigenvalue weighted by molar-refractivity contribution is -0.386. The Balaban J connectivity index is 1.63. The molecule has 0 bridgehead atoms. The van der Waals surface area contributed by atoms with Gasteiger partial charge in [-0.15, -0.1) is 0 Å². The number of aliphatic hydroxyl groups is 11. The van der Waals surface area contributed by atoms with Gasteiger partial charge in [0.1, 0.15) is 67.1 Å². The summed E-state index contributed by atoms with van der Waals surface area (Å²) >= 11 is 0. The minimum atomic E-state index is -3.07. The number of nitrogens with one attached hydrogen (secondary N) is 2. The molecule has 18 unspecified atom stereocenters. The van der Waals surface area contributed by atoms with Crippen molar-refractivity contribution in [3.63, 3.8) is 0 Å². The number of aliphatic carboxylic acids is 1. The highest BCUT2D eigenvalue weighted by Gasteiger charge is 2.60. The summed E-state index contributed by atoms with van der Waals surface area (Å²) in [5, 5.41) is 136. The van der Waals surface area contributed by atoms with Gasteiger partial charge in [-0.05, 0) is 12.8 Å². The van der Waals surface area contributed by atoms with Gasteiger partial charge >= 0.3 is 5.97 Å². The first-order valence-electron chi connectivity index (χ1n) is 31.4. The average Bonchev–Trinajstić information content (AvgIpc) is 3.45. The molecule has 3 fully saturated rings. The molecule has 0 saturated carbocycles. The number of hydrogen-bond donors (Lipinski definition) is 14. The zero-order valence-electron chi connectivity index (χ0n) is 49.6. The second-order valence-corrected chi connectivity index (χ2v) is 23.3. The fourth-order valence-electron chi connectivity index (χ4n) is 11.2. The Morgan fingerprint density at radius 2 is 1.06 bits per heavy atom. The summed E-state index contributed by atoms with van der Waals surface area (Å²) in [6, 6.07) is -2.52. The molecule has 3 rings (SSSR count). The van der Waals surface area contributed by atoms with Crippen LogP contribution in [0.5, 0.6) is 0 Å². The Bertz CT molecular complexity index is 1690. The molecule has 0 aromatic rings. The number of carboxylic acid groups (broad SMARTS) is 1. The van der Waals surface area contributed by atoms with Gasteiger partial charge in [-0.3, -0.25) is 9.59 Å². The van der Waals surface area contributed by atoms with Crippen molar-refractivity contribution in [2.45, 2.75) is 330 Å². The van der Waals surface area contributed by atoms with Crippen LogP contribution in [-0.4, -0.2) is 215 Å². The second kappa shape index (κ2) is 41.8. The standard InChI is InChI=1S/C59H110N2O21/c1-4-6-8-10-12-14-16-17-18-19-20-21-23-25-27-29-31-33-46(69)61-40(41(66)32-30-28-26-24-22-15-13-11-9-7-5-2)38-77-56-51(73)50(72)53(45(37-64)79-56)80-57-52(74)55(49(71)44(36-63)78-57)82-59(58(75)76)34-42(67)47(60-39(3)65)54(81-59)48(70)43(68)35-62/h40-45,47-57,62-64,66-68,70-74H,4-38H2,1-3H3,(H,60,65)(H,61,69)(H,75,76). The van der Waals surface area contributed by atoms with E-state index in [1.807, 2.05) is 0 Å². The lowest BCUT2D eigenvalue weighted by atomic mass is 9.88. The number of carboxylic acids is 1. The molecular weight excluding hydrogens is 1070 g/mol. The van der Waals surface area contributed by atoms with Crippen LogP contribution in [0, 0.1) is 0 Å². The number of ether oxygens (including phenoxy) is 6. The minimum absolute atomic E-state index is 0.228. The molecule has 23 nitrogen and oxygen atoms in total. The lowest BCUT2D eigenvalue weighted by Crippen LogP contribution is -2.70. The number of amides is 2. The molecule has 0 aromatic carbocycles. The third-order valence-corrected chi connectivity index (χ3v) is 16.3. The van der Waals surface area contributed by atoms with E-state index in [2.05, 4.69) is 24.5 Å². The third kappa shape index (κ3) is 25.6. The third-order valence-electron chi connectivity index (χ3n) is 16.3. The number of carbonyl (C=O) groups excluding carboxylic acids is 2. The van der Waals surface area contributed by atoms with Crippen molar-refractivity contribution >= 4 is 17.8 Å². The molecule has 3 saturated heterocycles. The topological polar surface area (TPSA) is 373 Å². The van der Waals surface area contributed by atoms with Gasteiger partial charge in [-0.2, -0.15) is 0 Å². The van der Waals surface area contributed by atoms with Crippen LogP contribution in [-0.2, 0) is 42.8 Å². The molecule has 82 heavy (non-hydrogen) atoms. The maximum absolute atomic E-state index is 13.4. The van der Waals surface area contributed by atoms with Crippen LogP contribution < -0.4 is 10.6 Å². The van der Waals surface area contributed by atoms with Crippen LogP contribution >= 0.6 is 0 Å². The Morgan fingerprint density at radius 1 is 0.585 bits per heavy atom. The van der Waals surface area contributed by atoms with Crippen molar-refractivity contribution in [2.75, 3.05) is 26.4 Å². The molecule has 0 aromatic heterocycles. The first-order chi connectivity index (χ1) is 39.4. The molecule has 14 N–H and O–H groups in total. The highest BCUT2D eigenvalue weighted by molar-refractivity contribution is 5.77. The summed E-state index contributed by atoms with van der Waals surface area (Å²) in [6.07, 6.45) is 4.18. The van der Waals surface area contributed by atoms with Crippen molar-refractivity contribution in [1.29, 1.82) is 0 Å². The number of unbranched alkanes of at least 4 members (excludes halogenated alkanes) is 26. The van der Waals surface area contributed by atoms with E-state index < -0.39 is 148 Å². The number of carbonyl (C=O) groups is 3. The molecule has 3 aliphatic heterocycles. The summed E-state index contributed by atoms with van der Waals surface area (Å²) in [5.41, 5.74) is 0. The van der Waals surface area contributed by atoms with Crippen LogP contribution in [0.15, 0.2) is 0 Å². The van der Waals surface area contributed by atoms with Crippen LogP contribution in [0.2, 0.25) is 0 Å². The van der Waals surface area contributed by atoms with Crippen molar-refractivity contribution in [3.8, 4) is 0 Å². The molecule has 0 radical (unpaired) electrons. The van der Waals surface area contributed by atoms with E-state index in [0.717, 1.165) is 51.9 Å². The maximum Gasteiger partial charge on any atom is 0.364 e. The Hall–Kier alpha value is -2.27. The van der Waals surface area contributed by atoms with Crippen molar-refractivity contribution in [2.24, 2.45) is 0 Å². The fourth-order valence-corrected chi connectivity index (χ4v) is 11.2. The van der Waals surface area contributed by atoms with Crippen LogP contribution in [0.4, 0.5) is 0 Å². The first-order valence-corrected chi connectivity index (χ1v) is 31.4. The van der Waals surface area contributed by atoms with Crippen molar-refractivity contribution in [3.05, 3.63) is 0 Å². The molecular formula is C59H110N2O21. The van der Waals surface area contributed by atoms with E-state index >= 15 is 0 Å². The Kier molecular flexibility index (Phi) is 37.7. The molecule has 0 spiro atoms. The van der Waals surface area contributed by atoms with Crippen molar-refractivity contribution in [1.82, 2.24) is 10.6 Å². The normalized spacial score (nSPS) is 30.1. The highest BCUT2D eigenvalue weighted by Crippen LogP contribution is 2.38. The van der Waals surface area contributed by atoms with Gasteiger partial charge in [-0.25, -0.2) is 4.79 Å². The van der Waals surface area contributed by atoms with E-state index in [9.17, 15) is 75.7 Å². The zero-order valence-corrected chi connectivity index (χ0v) is 49.6. The SMILES string of the molecule is CCCCCCCCCCCCCCCCCCCC(=O)NC(COC1OC(CO)C(OC2OC(CO)C(O)C(OC3(C(=O)O)CC(O)C(NC(C)=O)C(C(O)C(O)CO)O3)C2O)C(O)C1O)C(O)CCCCCCCCCCCCC. The molecule has 482 valence electrons. The van der Waals surface area contributed by atoms with Crippen LogP contribution in [0.25, 0.3) is 0 Å². The van der Waals surface area contributed by atoms with E-state index in [-0.39, 0.29) is 18.9 Å². The van der Waals surface area contributed by atoms with Crippen molar-refractivity contribution < 1.29 is 104 Å². The summed E-state index contributed by atoms with van der Waals surface area (Å²) in [4.78, 5) is 38.4. The predicted octanol–water partition coefficient (Wildman–Crippen LogP) is 3.39. The minimum Gasteiger partial charge on any atom is -0.477 e. The van der Waals surface area contributed by atoms with Gasteiger partial charge in [0.15, 0.2) is 12.6 Å². The summed E-state index contributed by atoms with van der Waals surface area (Å²) in [5.74, 6) is -6.10. The van der Waals surface area contributed by atoms with Gasteiger partial charge in [0.05, 0.1) is 50.7 Å². The molecule has 2 amide bonds. The molecule has 0 aliphatic carbocycles. The highest BCUT2D eigenvalue weighted by atomic mass is 16.8. The summed E-state index contributed by atoms with van der Waals surface area (Å²) in [7, 11) is 0. The average molecular weight is 1180 g/mol. The second-order valence-electron chi connectivity index (χ2n) is 23.3. The largest absolute Gasteiger partial charge is 0.477 e. The first kappa shape index (κ1) is 74.0. The van der Waals surface area contributed by atoms with E-state index in [0.29, 0.717) is 19.3 Å².